The molecule has 0 saturated heterocycles. The van der Waals surface area contributed by atoms with Crippen molar-refractivity contribution in [2.45, 2.75) is 38.0 Å². The topological polar surface area (TPSA) is 0 Å². The second-order valence-corrected chi connectivity index (χ2v) is 3.83. The Morgan fingerprint density at radius 2 is 1.73 bits per heavy atom. The van der Waals surface area contributed by atoms with Crippen LogP contribution in [0, 0.1) is 6.92 Å². The molecule has 0 fully saturated rings. The minimum absolute atomic E-state index is 0.0303. The summed E-state index contributed by atoms with van der Waals surface area (Å²) in [5, 5.41) is 0. The standard InChI is InChI=1S/C13H17F2/c1-2-3-7-10-13(14,15)11-12-8-5-4-6-9-12/h4-6,8-9H,1-3,7,10-11H2. The molecule has 0 nitrogen and oxygen atoms in total. The van der Waals surface area contributed by atoms with Crippen LogP contribution in [0.5, 0.6) is 0 Å². The normalized spacial score (nSPS) is 11.7. The summed E-state index contributed by atoms with van der Waals surface area (Å²) in [6, 6.07) is 8.91. The Morgan fingerprint density at radius 3 is 2.33 bits per heavy atom. The van der Waals surface area contributed by atoms with Crippen LogP contribution in [0.2, 0.25) is 0 Å². The predicted molar refractivity (Wildman–Crippen MR) is 58.9 cm³/mol. The fraction of sp³-hybridized carbons (Fsp3) is 0.462. The highest BCUT2D eigenvalue weighted by Gasteiger charge is 2.27. The lowest BCUT2D eigenvalue weighted by atomic mass is 10.0. The number of hydrogen-bond donors (Lipinski definition) is 0. The molecule has 0 aliphatic heterocycles. The van der Waals surface area contributed by atoms with Gasteiger partial charge in [0.2, 0.25) is 0 Å². The Bertz CT molecular complexity index is 267. The van der Waals surface area contributed by atoms with Crippen molar-refractivity contribution in [1.29, 1.82) is 0 Å². The Balaban J connectivity index is 2.42. The maximum atomic E-state index is 13.4. The van der Waals surface area contributed by atoms with E-state index in [2.05, 4.69) is 6.92 Å². The zero-order valence-corrected chi connectivity index (χ0v) is 8.89. The second kappa shape index (κ2) is 5.84. The summed E-state index contributed by atoms with van der Waals surface area (Å²) in [6.07, 6.45) is 1.90. The first-order valence-electron chi connectivity index (χ1n) is 5.35. The van der Waals surface area contributed by atoms with E-state index >= 15 is 0 Å². The summed E-state index contributed by atoms with van der Waals surface area (Å²) in [5.74, 6) is -2.57. The maximum absolute atomic E-state index is 13.4. The lowest BCUT2D eigenvalue weighted by Crippen LogP contribution is -2.19. The average molecular weight is 211 g/mol. The van der Waals surface area contributed by atoms with E-state index < -0.39 is 5.92 Å². The molecule has 0 N–H and O–H groups in total. The summed E-state index contributed by atoms with van der Waals surface area (Å²) in [6.45, 7) is 3.64. The van der Waals surface area contributed by atoms with E-state index in [1.54, 1.807) is 24.3 Å². The van der Waals surface area contributed by atoms with Gasteiger partial charge in [0.25, 0.3) is 5.92 Å². The summed E-state index contributed by atoms with van der Waals surface area (Å²) in [5.41, 5.74) is 0.706. The van der Waals surface area contributed by atoms with Gasteiger partial charge in [-0.2, -0.15) is 0 Å². The van der Waals surface area contributed by atoms with Crippen LogP contribution in [0.1, 0.15) is 31.2 Å². The molecule has 0 bridgehead atoms. The summed E-state index contributed by atoms with van der Waals surface area (Å²) in [7, 11) is 0. The minimum Gasteiger partial charge on any atom is -0.207 e. The van der Waals surface area contributed by atoms with E-state index in [0.29, 0.717) is 12.0 Å². The van der Waals surface area contributed by atoms with Crippen LogP contribution in [0.4, 0.5) is 8.78 Å². The van der Waals surface area contributed by atoms with Gasteiger partial charge in [0, 0.05) is 12.8 Å². The zero-order chi connectivity index (χ0) is 11.1. The quantitative estimate of drug-likeness (QED) is 0.617. The van der Waals surface area contributed by atoms with E-state index in [0.717, 1.165) is 12.8 Å². The van der Waals surface area contributed by atoms with Crippen LogP contribution in [-0.4, -0.2) is 5.92 Å². The molecule has 1 aromatic carbocycles. The maximum Gasteiger partial charge on any atom is 0.252 e. The van der Waals surface area contributed by atoms with Gasteiger partial charge in [0.15, 0.2) is 0 Å². The van der Waals surface area contributed by atoms with Crippen LogP contribution in [0.25, 0.3) is 0 Å². The Labute approximate surface area is 90.3 Å². The van der Waals surface area contributed by atoms with Crippen molar-refractivity contribution in [3.63, 3.8) is 0 Å². The van der Waals surface area contributed by atoms with Crippen LogP contribution in [0.15, 0.2) is 30.3 Å². The zero-order valence-electron chi connectivity index (χ0n) is 8.89. The summed E-state index contributed by atoms with van der Waals surface area (Å²) in [4.78, 5) is 0. The van der Waals surface area contributed by atoms with Crippen molar-refractivity contribution in [2.75, 3.05) is 0 Å². The van der Waals surface area contributed by atoms with Gasteiger partial charge in [0.05, 0.1) is 0 Å². The molecule has 2 heteroatoms. The van der Waals surface area contributed by atoms with Gasteiger partial charge in [-0.3, -0.25) is 0 Å². The molecule has 0 aliphatic rings. The van der Waals surface area contributed by atoms with E-state index in [1.165, 1.54) is 0 Å². The highest BCUT2D eigenvalue weighted by Crippen LogP contribution is 2.26. The molecule has 1 radical (unpaired) electrons. The van der Waals surface area contributed by atoms with Crippen molar-refractivity contribution in [3.05, 3.63) is 42.8 Å². The van der Waals surface area contributed by atoms with Gasteiger partial charge in [-0.25, -0.2) is 8.78 Å². The molecule has 0 unspecified atom stereocenters. The van der Waals surface area contributed by atoms with E-state index in [9.17, 15) is 8.78 Å². The number of hydrogen-bond acceptors (Lipinski definition) is 0. The highest BCUT2D eigenvalue weighted by atomic mass is 19.3. The third-order valence-electron chi connectivity index (χ3n) is 2.35. The number of rotatable bonds is 6. The molecular formula is C13H17F2. The Kier molecular flexibility index (Phi) is 4.73. The first kappa shape index (κ1) is 12.2. The molecule has 0 atom stereocenters. The molecule has 1 aromatic rings. The van der Waals surface area contributed by atoms with Crippen LogP contribution in [-0.2, 0) is 6.42 Å². The van der Waals surface area contributed by atoms with Gasteiger partial charge < -0.3 is 0 Å². The fourth-order valence-electron chi connectivity index (χ4n) is 1.54. The van der Waals surface area contributed by atoms with Crippen LogP contribution >= 0.6 is 0 Å². The SMILES string of the molecule is [CH2]CCCCC(F)(F)Cc1ccccc1. The first-order valence-corrected chi connectivity index (χ1v) is 5.35. The van der Waals surface area contributed by atoms with Gasteiger partial charge in [0.1, 0.15) is 0 Å². The van der Waals surface area contributed by atoms with Gasteiger partial charge >= 0.3 is 0 Å². The number of alkyl halides is 2. The molecule has 0 spiro atoms. The lowest BCUT2D eigenvalue weighted by Gasteiger charge is -2.15. The third kappa shape index (κ3) is 4.91. The number of benzene rings is 1. The van der Waals surface area contributed by atoms with Crippen molar-refractivity contribution in [3.8, 4) is 0 Å². The predicted octanol–water partition coefficient (Wildman–Crippen LogP) is 4.26. The molecular weight excluding hydrogens is 194 g/mol. The van der Waals surface area contributed by atoms with Crippen molar-refractivity contribution < 1.29 is 8.78 Å². The van der Waals surface area contributed by atoms with Crippen LogP contribution < -0.4 is 0 Å². The average Bonchev–Trinajstić information content (AvgIpc) is 2.18. The fourth-order valence-corrected chi connectivity index (χ4v) is 1.54. The summed E-state index contributed by atoms with van der Waals surface area (Å²) >= 11 is 0. The molecule has 0 heterocycles. The molecule has 0 aliphatic carbocycles. The molecule has 1 rings (SSSR count). The minimum atomic E-state index is -2.57. The molecule has 0 amide bonds. The molecule has 0 saturated carbocycles. The monoisotopic (exact) mass is 211 g/mol. The second-order valence-electron chi connectivity index (χ2n) is 3.83. The lowest BCUT2D eigenvalue weighted by molar-refractivity contribution is -0.00931. The highest BCUT2D eigenvalue weighted by molar-refractivity contribution is 5.16. The third-order valence-corrected chi connectivity index (χ3v) is 2.35. The van der Waals surface area contributed by atoms with Crippen molar-refractivity contribution >= 4 is 0 Å². The first-order chi connectivity index (χ1) is 7.14. The van der Waals surface area contributed by atoms with Gasteiger partial charge in [-0.05, 0) is 12.0 Å². The van der Waals surface area contributed by atoms with Crippen molar-refractivity contribution in [1.82, 2.24) is 0 Å². The van der Waals surface area contributed by atoms with E-state index in [-0.39, 0.29) is 12.8 Å². The molecule has 15 heavy (non-hydrogen) atoms. The Hall–Kier alpha value is -0.920. The van der Waals surface area contributed by atoms with Gasteiger partial charge in [-0.1, -0.05) is 50.1 Å². The van der Waals surface area contributed by atoms with Gasteiger partial charge in [-0.15, -0.1) is 0 Å². The van der Waals surface area contributed by atoms with Crippen LogP contribution in [0.3, 0.4) is 0 Å². The molecule has 0 aromatic heterocycles. The van der Waals surface area contributed by atoms with Crippen molar-refractivity contribution in [2.24, 2.45) is 0 Å². The van der Waals surface area contributed by atoms with E-state index in [4.69, 9.17) is 0 Å². The molecule has 83 valence electrons. The smallest absolute Gasteiger partial charge is 0.207 e. The Morgan fingerprint density at radius 1 is 1.07 bits per heavy atom. The number of halogens is 2. The largest absolute Gasteiger partial charge is 0.252 e. The number of unbranched alkanes of at least 4 members (excludes halogenated alkanes) is 2. The van der Waals surface area contributed by atoms with E-state index in [1.807, 2.05) is 6.07 Å². The summed E-state index contributed by atoms with van der Waals surface area (Å²) < 4.78 is 26.8.